The molecule has 0 aliphatic heterocycles. The van der Waals surface area contributed by atoms with Gasteiger partial charge in [0.05, 0.1) is 10.5 Å². The largest absolute Gasteiger partial charge is 0.294 e. The quantitative estimate of drug-likeness (QED) is 0.465. The number of hydrogen-bond donors (Lipinski definition) is 0. The summed E-state index contributed by atoms with van der Waals surface area (Å²) in [4.78, 5) is 22.7. The molecule has 0 aromatic heterocycles. The fourth-order valence-electron chi connectivity index (χ4n) is 2.65. The van der Waals surface area contributed by atoms with Gasteiger partial charge < -0.3 is 0 Å². The second kappa shape index (κ2) is 6.28. The van der Waals surface area contributed by atoms with Crippen LogP contribution in [0.5, 0.6) is 0 Å². The van der Waals surface area contributed by atoms with Gasteiger partial charge in [-0.3, -0.25) is 14.9 Å². The summed E-state index contributed by atoms with van der Waals surface area (Å²) in [7, 11) is 0. The monoisotopic (exact) mass is 325 g/mol. The predicted molar refractivity (Wildman–Crippen MR) is 76.3 cm³/mol. The Hall–Kier alpha value is -1.23. The first-order valence-electron chi connectivity index (χ1n) is 6.55. The van der Waals surface area contributed by atoms with Gasteiger partial charge >= 0.3 is 0 Å². The number of halogens is 1. The number of Topliss-reactive ketones (excluding diaryl/α,β-unsaturated/α-hetero) is 1. The minimum Gasteiger partial charge on any atom is -0.294 e. The molecule has 0 bridgehead atoms. The van der Waals surface area contributed by atoms with E-state index in [0.29, 0.717) is 16.8 Å². The van der Waals surface area contributed by atoms with Gasteiger partial charge in [0.2, 0.25) is 0 Å². The molecule has 0 radical (unpaired) electrons. The van der Waals surface area contributed by atoms with Crippen molar-refractivity contribution < 1.29 is 9.72 Å². The van der Waals surface area contributed by atoms with Crippen molar-refractivity contribution in [3.63, 3.8) is 0 Å². The molecule has 0 saturated heterocycles. The summed E-state index contributed by atoms with van der Waals surface area (Å²) in [5, 5.41) is 11.0. The molecule has 4 nitrogen and oxygen atoms in total. The average molecular weight is 326 g/mol. The number of rotatable bonds is 4. The number of hydrogen-bond acceptors (Lipinski definition) is 3. The molecule has 5 heteroatoms. The Kier molecular flexibility index (Phi) is 4.69. The zero-order valence-electron chi connectivity index (χ0n) is 10.6. The van der Waals surface area contributed by atoms with Crippen molar-refractivity contribution in [1.82, 2.24) is 0 Å². The average Bonchev–Trinajstić information content (AvgIpc) is 2.39. The summed E-state index contributed by atoms with van der Waals surface area (Å²) in [5.41, 5.74) is 0.133. The highest BCUT2D eigenvalue weighted by Gasteiger charge is 2.24. The number of carbonyl (C=O) groups is 1. The van der Waals surface area contributed by atoms with E-state index >= 15 is 0 Å². The van der Waals surface area contributed by atoms with Gasteiger partial charge in [0.25, 0.3) is 5.69 Å². The highest BCUT2D eigenvalue weighted by molar-refractivity contribution is 9.10. The Bertz CT molecular complexity index is 495. The second-order valence-electron chi connectivity index (χ2n) is 5.05. The maximum Gasteiger partial charge on any atom is 0.280 e. The zero-order valence-corrected chi connectivity index (χ0v) is 12.2. The van der Waals surface area contributed by atoms with E-state index in [1.54, 1.807) is 12.1 Å². The second-order valence-corrected chi connectivity index (χ2v) is 5.97. The molecular weight excluding hydrogens is 310 g/mol. The van der Waals surface area contributed by atoms with Crippen LogP contribution in [0.2, 0.25) is 0 Å². The van der Waals surface area contributed by atoms with Gasteiger partial charge in [-0.05, 0) is 18.1 Å². The molecule has 0 atom stereocenters. The molecule has 0 amide bonds. The first kappa shape index (κ1) is 14.2. The molecule has 1 aromatic rings. The van der Waals surface area contributed by atoms with Crippen LogP contribution in [-0.2, 0) is 0 Å². The fourth-order valence-corrected chi connectivity index (χ4v) is 3.02. The topological polar surface area (TPSA) is 60.2 Å². The van der Waals surface area contributed by atoms with Crippen LogP contribution in [-0.4, -0.2) is 10.7 Å². The van der Waals surface area contributed by atoms with E-state index in [0.717, 1.165) is 12.8 Å². The van der Waals surface area contributed by atoms with Crippen LogP contribution in [0.25, 0.3) is 0 Å². The lowest BCUT2D eigenvalue weighted by Crippen LogP contribution is -2.13. The van der Waals surface area contributed by atoms with Crippen LogP contribution in [0.1, 0.15) is 48.9 Å². The lowest BCUT2D eigenvalue weighted by molar-refractivity contribution is -0.385. The molecule has 1 aromatic carbocycles. The molecule has 1 saturated carbocycles. The summed E-state index contributed by atoms with van der Waals surface area (Å²) in [5.74, 6) is 0.278. The van der Waals surface area contributed by atoms with E-state index in [2.05, 4.69) is 15.9 Å². The summed E-state index contributed by atoms with van der Waals surface area (Å²) >= 11 is 3.26. The van der Waals surface area contributed by atoms with Crippen molar-refractivity contribution >= 4 is 27.4 Å². The molecule has 0 spiro atoms. The summed E-state index contributed by atoms with van der Waals surface area (Å²) in [6, 6.07) is 4.54. The standard InChI is InChI=1S/C14H16BrNO3/c15-11-6-7-13(16(18)19)12(9-11)14(17)8-10-4-2-1-3-5-10/h6-7,9-10H,1-5,8H2. The van der Waals surface area contributed by atoms with Crippen LogP contribution in [0.3, 0.4) is 0 Å². The maximum absolute atomic E-state index is 12.3. The predicted octanol–water partition coefficient (Wildman–Crippen LogP) is 4.51. The number of benzene rings is 1. The highest BCUT2D eigenvalue weighted by Crippen LogP contribution is 2.30. The Morgan fingerprint density at radius 3 is 2.63 bits per heavy atom. The number of nitro benzene ring substituents is 1. The SMILES string of the molecule is O=C(CC1CCCCC1)c1cc(Br)ccc1[N+](=O)[O-]. The van der Waals surface area contributed by atoms with Crippen molar-refractivity contribution in [2.75, 3.05) is 0 Å². The molecule has 2 rings (SSSR count). The lowest BCUT2D eigenvalue weighted by atomic mass is 9.84. The minimum absolute atomic E-state index is 0.0935. The van der Waals surface area contributed by atoms with Gasteiger partial charge in [0.15, 0.2) is 5.78 Å². The third-order valence-electron chi connectivity index (χ3n) is 3.65. The first-order chi connectivity index (χ1) is 9.08. The normalized spacial score (nSPS) is 16.3. The Labute approximate surface area is 120 Å². The molecule has 19 heavy (non-hydrogen) atoms. The van der Waals surface area contributed by atoms with E-state index in [-0.39, 0.29) is 17.0 Å². The highest BCUT2D eigenvalue weighted by atomic mass is 79.9. The van der Waals surface area contributed by atoms with Gasteiger partial charge in [-0.25, -0.2) is 0 Å². The van der Waals surface area contributed by atoms with Gasteiger partial charge in [-0.15, -0.1) is 0 Å². The lowest BCUT2D eigenvalue weighted by Gasteiger charge is -2.20. The number of carbonyl (C=O) groups excluding carboxylic acids is 1. The zero-order chi connectivity index (χ0) is 13.8. The van der Waals surface area contributed by atoms with Gasteiger partial charge in [0, 0.05) is 17.0 Å². The summed E-state index contributed by atoms with van der Waals surface area (Å²) < 4.78 is 0.699. The van der Waals surface area contributed by atoms with E-state index in [1.165, 1.54) is 25.3 Å². The molecule has 0 heterocycles. The molecule has 0 unspecified atom stereocenters. The number of ketones is 1. The van der Waals surface area contributed by atoms with Crippen LogP contribution in [0.4, 0.5) is 5.69 Å². The van der Waals surface area contributed by atoms with Gasteiger partial charge in [-0.2, -0.15) is 0 Å². The number of nitro groups is 1. The molecule has 102 valence electrons. The van der Waals surface area contributed by atoms with E-state index in [4.69, 9.17) is 0 Å². The first-order valence-corrected chi connectivity index (χ1v) is 7.34. The molecular formula is C14H16BrNO3. The Balaban J connectivity index is 2.17. The van der Waals surface area contributed by atoms with Gasteiger partial charge in [-0.1, -0.05) is 48.0 Å². The van der Waals surface area contributed by atoms with Crippen molar-refractivity contribution in [3.05, 3.63) is 38.3 Å². The fraction of sp³-hybridized carbons (Fsp3) is 0.500. The van der Waals surface area contributed by atoms with Crippen LogP contribution < -0.4 is 0 Å². The third kappa shape index (κ3) is 3.62. The Morgan fingerprint density at radius 1 is 1.32 bits per heavy atom. The molecule has 1 fully saturated rings. The third-order valence-corrected chi connectivity index (χ3v) is 4.15. The van der Waals surface area contributed by atoms with Crippen LogP contribution in [0, 0.1) is 16.0 Å². The minimum atomic E-state index is -0.486. The van der Waals surface area contributed by atoms with E-state index < -0.39 is 4.92 Å². The molecule has 1 aliphatic rings. The van der Waals surface area contributed by atoms with Crippen LogP contribution >= 0.6 is 15.9 Å². The summed E-state index contributed by atoms with van der Waals surface area (Å²) in [6.07, 6.45) is 6.12. The maximum atomic E-state index is 12.3. The van der Waals surface area contributed by atoms with E-state index in [9.17, 15) is 14.9 Å². The summed E-state index contributed by atoms with van der Waals surface area (Å²) in [6.45, 7) is 0. The smallest absolute Gasteiger partial charge is 0.280 e. The van der Waals surface area contributed by atoms with Crippen molar-refractivity contribution in [1.29, 1.82) is 0 Å². The van der Waals surface area contributed by atoms with Crippen molar-refractivity contribution in [2.24, 2.45) is 5.92 Å². The van der Waals surface area contributed by atoms with Crippen molar-refractivity contribution in [3.8, 4) is 0 Å². The Morgan fingerprint density at radius 2 is 2.00 bits per heavy atom. The van der Waals surface area contributed by atoms with E-state index in [1.807, 2.05) is 0 Å². The number of nitrogens with zero attached hydrogens (tertiary/aromatic N) is 1. The molecule has 1 aliphatic carbocycles. The molecule has 0 N–H and O–H groups in total. The van der Waals surface area contributed by atoms with Gasteiger partial charge in [0.1, 0.15) is 0 Å². The van der Waals surface area contributed by atoms with Crippen LogP contribution in [0.15, 0.2) is 22.7 Å². The van der Waals surface area contributed by atoms with Crippen molar-refractivity contribution in [2.45, 2.75) is 38.5 Å².